The van der Waals surface area contributed by atoms with E-state index < -0.39 is 11.8 Å². The van der Waals surface area contributed by atoms with Crippen LogP contribution in [0.1, 0.15) is 122 Å². The molecule has 22 rings (SSSR count). The number of nitrogens with one attached hydrogen (secondary N) is 11. The van der Waals surface area contributed by atoms with Gasteiger partial charge in [0.05, 0.1) is 74.5 Å². The molecule has 5 aliphatic rings. The average molecular weight is 1840 g/mol. The Hall–Kier alpha value is -16.7. The minimum atomic E-state index is -2.64. The van der Waals surface area contributed by atoms with E-state index in [1.165, 1.54) is 5.56 Å². The zero-order chi connectivity index (χ0) is 94.8. The van der Waals surface area contributed by atoms with E-state index >= 15 is 0 Å². The number of fused-ring (bicyclic) bond motifs is 4. The molecule has 2 saturated heterocycles. The minimum absolute atomic E-state index is 0.0111. The van der Waals surface area contributed by atoms with Crippen LogP contribution in [0.4, 0.5) is 54.3 Å². The van der Waals surface area contributed by atoms with Crippen LogP contribution in [0.15, 0.2) is 280 Å². The van der Waals surface area contributed by atoms with Gasteiger partial charge in [-0.1, -0.05) is 109 Å². The number of carbonyl (C=O) groups is 7. The molecule has 10 heterocycles. The number of aliphatic hydroxyl groups is 1. The molecule has 3 aliphatic carbocycles. The summed E-state index contributed by atoms with van der Waals surface area (Å²) in [6, 6.07) is 72.3. The van der Waals surface area contributed by atoms with Crippen molar-refractivity contribution in [3.8, 4) is 44.5 Å². The Balaban J connectivity index is 0.000000118. The number of anilines is 8. The standard InChI is InChI=1S/C32H31N5O2.C28H26F2N6O2.C23H20N6O2.C23H19N5O2/c38-28-11-13-37(14-12-28)21-24-16-26(20-33-19-24)25-9-10-30-29(18-25)31(36-35-30)32(39)34-27-8-4-7-23(17-27)15-22-5-2-1-3-6-22;29-28(30)9-10-36(16-28)15-17-11-20(14-31-13-17)19-7-8-22-21(12-19)25(35-34-22)27(38)33-24-4-2-1-3-23(24)32-26(37)18-5-6-18;24-16-9-15(11-25-12-16)14-7-8-18-17(10-14)21(29-28-18)23(31)27-20-4-2-1-3-19(20)26-22(30)13-5-6-13;29-22(14-7-8-14)25-19-5-1-2-6-20(19)26-23(30)21-17-12-15(9-10-18(17)27-28-21)16-4-3-11-24-13-16/h1-10,16-20,28,38H,11-15,21H2,(H,34,39)(H,35,36);1-4,7-8,11-14,18H,5-6,9-10,15-16H2,(H,32,37)(H,33,38)(H,34,35);1-4,7-13H,5-6,24H2,(H,26,30)(H,27,31)(H,28,29);1-6,9-14H,7-8H2,(H,25,29)(H,26,30)(H,27,28). The number of pyridine rings is 4. The fraction of sp³-hybridized carbons (Fsp3) is 0.198. The van der Waals surface area contributed by atoms with E-state index in [9.17, 15) is 47.4 Å². The predicted octanol–water partition coefficient (Wildman–Crippen LogP) is 18.5. The smallest absolute Gasteiger partial charge is 0.276 e. The molecule has 0 bridgehead atoms. The van der Waals surface area contributed by atoms with Crippen LogP contribution in [0, 0.1) is 17.8 Å². The number of H-pyrrole nitrogens is 4. The van der Waals surface area contributed by atoms with Crippen molar-refractivity contribution in [1.29, 1.82) is 0 Å². The van der Waals surface area contributed by atoms with Gasteiger partial charge in [-0.3, -0.25) is 83.7 Å². The van der Waals surface area contributed by atoms with Gasteiger partial charge in [0, 0.05) is 156 Å². The number of nitrogens with two attached hydrogens (primary N) is 1. The Morgan fingerprint density at radius 1 is 0.348 bits per heavy atom. The lowest BCUT2D eigenvalue weighted by atomic mass is 10.0. The van der Waals surface area contributed by atoms with E-state index in [2.05, 4.69) is 127 Å². The number of aromatic amines is 4. The van der Waals surface area contributed by atoms with E-state index in [0.29, 0.717) is 86.0 Å². The number of hydrogen-bond donors (Lipinski definition) is 13. The highest BCUT2D eigenvalue weighted by atomic mass is 19.3. The molecule has 0 unspecified atom stereocenters. The summed E-state index contributed by atoms with van der Waals surface area (Å²) in [4.78, 5) is 110. The summed E-state index contributed by atoms with van der Waals surface area (Å²) in [5, 5.41) is 61.6. The first-order chi connectivity index (χ1) is 67.2. The second-order valence-electron chi connectivity index (χ2n) is 35.2. The molecule has 692 valence electrons. The van der Waals surface area contributed by atoms with Crippen molar-refractivity contribution < 1.29 is 47.4 Å². The number of amides is 7. The molecule has 0 atom stereocenters. The predicted molar refractivity (Wildman–Crippen MR) is 528 cm³/mol. The highest BCUT2D eigenvalue weighted by Gasteiger charge is 2.39. The van der Waals surface area contributed by atoms with E-state index in [-0.39, 0.29) is 83.7 Å². The molecule has 8 aromatic heterocycles. The maximum atomic E-state index is 13.6. The summed E-state index contributed by atoms with van der Waals surface area (Å²) in [5.74, 6) is -3.92. The lowest BCUT2D eigenvalue weighted by molar-refractivity contribution is -0.118. The first kappa shape index (κ1) is 90.5. The van der Waals surface area contributed by atoms with Crippen molar-refractivity contribution >= 4 is 130 Å². The van der Waals surface area contributed by atoms with E-state index in [1.807, 2.05) is 164 Å². The van der Waals surface area contributed by atoms with Crippen molar-refractivity contribution in [2.45, 2.75) is 89.3 Å². The first-order valence-corrected chi connectivity index (χ1v) is 45.7. The number of hydrogen-bond acceptors (Lipinski definition) is 19. The second-order valence-corrected chi connectivity index (χ2v) is 35.2. The van der Waals surface area contributed by atoms with Crippen LogP contribution in [0.5, 0.6) is 0 Å². The molecule has 9 aromatic carbocycles. The molecule has 0 radical (unpaired) electrons. The number of aromatic nitrogens is 12. The van der Waals surface area contributed by atoms with Gasteiger partial charge in [0.25, 0.3) is 29.6 Å². The molecule has 32 heteroatoms. The van der Waals surface area contributed by atoms with E-state index in [4.69, 9.17) is 5.73 Å². The van der Waals surface area contributed by atoms with Crippen LogP contribution in [0.2, 0.25) is 0 Å². The number of rotatable bonds is 24. The normalized spacial score (nSPS) is 14.6. The van der Waals surface area contributed by atoms with Gasteiger partial charge in [-0.2, -0.15) is 20.4 Å². The number of likely N-dealkylation sites (tertiary alicyclic amines) is 2. The van der Waals surface area contributed by atoms with Gasteiger partial charge in [0.2, 0.25) is 17.7 Å². The SMILES string of the molecule is Nc1cncc(-c2ccc3[nH]nc(C(=O)Nc4ccccc4NC(=O)C4CC4)c3c2)c1.O=C(Nc1cccc(Cc2ccccc2)c1)c1n[nH]c2ccc(-c3cncc(CN4CCC(O)CC4)c3)cc12.O=C(Nc1ccccc1NC(=O)C1CC1)c1n[nH]c2ccc(-c3cccnc3)cc12.O=C(Nc1ccccc1NC(=O)C1CC1)c1n[nH]c2ccc(-c3cncc(CN4CCC(F)(F)C4)c3)cc12. The highest BCUT2D eigenvalue weighted by Crippen LogP contribution is 2.39. The lowest BCUT2D eigenvalue weighted by Crippen LogP contribution is -2.35. The van der Waals surface area contributed by atoms with Crippen LogP contribution in [0.3, 0.4) is 0 Å². The van der Waals surface area contributed by atoms with Gasteiger partial charge >= 0.3 is 0 Å². The molecule has 30 nitrogen and oxygen atoms in total. The topological polar surface area (TPSA) is 423 Å². The Morgan fingerprint density at radius 2 is 0.725 bits per heavy atom. The van der Waals surface area contributed by atoms with Gasteiger partial charge in [-0.05, 0) is 224 Å². The van der Waals surface area contributed by atoms with E-state index in [1.54, 1.807) is 96.7 Å². The number of nitrogen functional groups attached to an aromatic ring is 1. The molecular formula is C106H96F2N22O8. The maximum Gasteiger partial charge on any atom is 0.276 e. The summed E-state index contributed by atoms with van der Waals surface area (Å²) in [7, 11) is 0. The van der Waals surface area contributed by atoms with Gasteiger partial charge in [0.15, 0.2) is 22.8 Å². The van der Waals surface area contributed by atoms with Gasteiger partial charge in [0.1, 0.15) is 0 Å². The molecule has 2 aliphatic heterocycles. The number of nitrogens with zero attached hydrogens (tertiary/aromatic N) is 10. The second kappa shape index (κ2) is 40.6. The zero-order valence-electron chi connectivity index (χ0n) is 74.8. The molecular weight excluding hydrogens is 1750 g/mol. The van der Waals surface area contributed by atoms with Crippen molar-refractivity contribution in [1.82, 2.24) is 70.5 Å². The van der Waals surface area contributed by atoms with Crippen molar-refractivity contribution in [2.24, 2.45) is 17.8 Å². The fourth-order valence-corrected chi connectivity index (χ4v) is 16.8. The largest absolute Gasteiger partial charge is 0.397 e. The third kappa shape index (κ3) is 22.2. The summed E-state index contributed by atoms with van der Waals surface area (Å²) in [6.07, 6.45) is 21.5. The maximum absolute atomic E-state index is 13.6. The first-order valence-electron chi connectivity index (χ1n) is 45.7. The quantitative estimate of drug-likeness (QED) is 0.0267. The number of carbonyl (C=O) groups excluding carboxylic acids is 7. The molecule has 3 saturated carbocycles. The number of alkyl halides is 2. The van der Waals surface area contributed by atoms with Gasteiger partial charge < -0.3 is 48.1 Å². The van der Waals surface area contributed by atoms with Crippen molar-refractivity contribution in [2.75, 3.05) is 69.1 Å². The number of halogens is 2. The third-order valence-electron chi connectivity index (χ3n) is 24.7. The number of aliphatic hydroxyl groups excluding tert-OH is 1. The molecule has 5 fully saturated rings. The van der Waals surface area contributed by atoms with E-state index in [0.717, 1.165) is 166 Å². The minimum Gasteiger partial charge on any atom is -0.397 e. The monoisotopic (exact) mass is 1840 g/mol. The Bertz CT molecular complexity index is 7410. The number of piperidine rings is 1. The van der Waals surface area contributed by atoms with Crippen LogP contribution in [-0.4, -0.2) is 155 Å². The summed E-state index contributed by atoms with van der Waals surface area (Å²) in [6.45, 7) is 3.08. The number of benzene rings is 9. The molecule has 7 amide bonds. The van der Waals surface area contributed by atoms with Gasteiger partial charge in [-0.25, -0.2) is 8.78 Å². The number of para-hydroxylation sites is 6. The highest BCUT2D eigenvalue weighted by molar-refractivity contribution is 6.17. The summed E-state index contributed by atoms with van der Waals surface area (Å²) >= 11 is 0. The van der Waals surface area contributed by atoms with Crippen LogP contribution >= 0.6 is 0 Å². The van der Waals surface area contributed by atoms with Gasteiger partial charge in [-0.15, -0.1) is 0 Å². The summed E-state index contributed by atoms with van der Waals surface area (Å²) < 4.78 is 27.2. The average Bonchev–Trinajstić information content (AvgIpc) is 1.62. The fourth-order valence-electron chi connectivity index (χ4n) is 16.8. The van der Waals surface area contributed by atoms with Crippen LogP contribution in [0.25, 0.3) is 88.1 Å². The van der Waals surface area contributed by atoms with Crippen LogP contribution < -0.4 is 43.0 Å². The zero-order valence-corrected chi connectivity index (χ0v) is 74.8. The molecule has 0 spiro atoms. The molecule has 17 aromatic rings. The lowest BCUT2D eigenvalue weighted by Gasteiger charge is -2.29. The Kier molecular flexibility index (Phi) is 26.6. The Morgan fingerprint density at radius 3 is 1.12 bits per heavy atom. The van der Waals surface area contributed by atoms with Crippen LogP contribution in [-0.2, 0) is 33.9 Å². The third-order valence-corrected chi connectivity index (χ3v) is 24.7. The Labute approximate surface area is 789 Å². The van der Waals surface area contributed by atoms with Crippen molar-refractivity contribution in [3.05, 3.63) is 325 Å². The molecule has 14 N–H and O–H groups in total. The molecule has 138 heavy (non-hydrogen) atoms. The summed E-state index contributed by atoms with van der Waals surface area (Å²) in [5.41, 5.74) is 26.1. The van der Waals surface area contributed by atoms with Crippen molar-refractivity contribution in [3.63, 3.8) is 0 Å².